The number of aromatic nitrogens is 2. The number of rotatable bonds is 6. The van der Waals surface area contributed by atoms with Gasteiger partial charge in [-0.05, 0) is 37.5 Å². The average molecular weight is 364 g/mol. The number of sulfonamides is 1. The van der Waals surface area contributed by atoms with Crippen LogP contribution in [-0.4, -0.2) is 47.4 Å². The van der Waals surface area contributed by atoms with E-state index in [0.29, 0.717) is 25.1 Å². The quantitative estimate of drug-likeness (QED) is 0.822. The molecule has 1 saturated heterocycles. The summed E-state index contributed by atoms with van der Waals surface area (Å²) in [4.78, 5) is 20.3. The van der Waals surface area contributed by atoms with Crippen molar-refractivity contribution in [2.24, 2.45) is 0 Å². The first kappa shape index (κ1) is 17.9. The fourth-order valence-corrected chi connectivity index (χ4v) is 4.35. The van der Waals surface area contributed by atoms with Crippen molar-refractivity contribution in [2.45, 2.75) is 45.1 Å². The van der Waals surface area contributed by atoms with Crippen LogP contribution in [0.5, 0.6) is 0 Å². The predicted molar refractivity (Wildman–Crippen MR) is 97.9 cm³/mol. The molecule has 0 spiro atoms. The first-order chi connectivity index (χ1) is 11.9. The maximum absolute atomic E-state index is 12.5. The van der Waals surface area contributed by atoms with E-state index < -0.39 is 16.1 Å². The van der Waals surface area contributed by atoms with Crippen molar-refractivity contribution < 1.29 is 13.2 Å². The molecule has 2 aromatic rings. The summed E-state index contributed by atoms with van der Waals surface area (Å²) in [6.45, 7) is 2.54. The molecule has 1 aromatic carbocycles. The topological polar surface area (TPSA) is 95.2 Å². The Labute approximate surface area is 147 Å². The Balaban J connectivity index is 1.74. The maximum Gasteiger partial charge on any atom is 0.242 e. The van der Waals surface area contributed by atoms with Crippen LogP contribution in [0, 0.1) is 0 Å². The third-order valence-corrected chi connectivity index (χ3v) is 5.79. The van der Waals surface area contributed by atoms with E-state index in [9.17, 15) is 13.2 Å². The van der Waals surface area contributed by atoms with E-state index in [4.69, 9.17) is 0 Å². The molecule has 0 saturated carbocycles. The Hall–Kier alpha value is -1.93. The summed E-state index contributed by atoms with van der Waals surface area (Å²) < 4.78 is 24.9. The fourth-order valence-electron chi connectivity index (χ4n) is 3.23. The predicted octanol–water partition coefficient (Wildman–Crippen LogP) is 2.27. The molecule has 136 valence electrons. The lowest BCUT2D eigenvalue weighted by atomic mass is 10.2. The van der Waals surface area contributed by atoms with Gasteiger partial charge in [0.1, 0.15) is 11.9 Å². The van der Waals surface area contributed by atoms with Gasteiger partial charge in [0.25, 0.3) is 0 Å². The van der Waals surface area contributed by atoms with Gasteiger partial charge in [0.05, 0.1) is 17.3 Å². The molecule has 1 aliphatic heterocycles. The van der Waals surface area contributed by atoms with E-state index in [2.05, 4.69) is 22.2 Å². The number of nitrogens with one attached hydrogen (secondary N) is 2. The molecule has 8 heteroatoms. The van der Waals surface area contributed by atoms with Crippen LogP contribution in [0.1, 0.15) is 38.4 Å². The van der Waals surface area contributed by atoms with Gasteiger partial charge in [0, 0.05) is 18.7 Å². The number of hydrogen-bond donors (Lipinski definition) is 2. The van der Waals surface area contributed by atoms with E-state index >= 15 is 0 Å². The number of benzene rings is 1. The Morgan fingerprint density at radius 3 is 2.96 bits per heavy atom. The summed E-state index contributed by atoms with van der Waals surface area (Å²) in [6, 6.07) is 4.87. The van der Waals surface area contributed by atoms with Crippen molar-refractivity contribution in [3.05, 3.63) is 24.0 Å². The normalized spacial score (nSPS) is 18.7. The molecule has 1 aliphatic rings. The molecule has 2 N–H and O–H groups in total. The summed E-state index contributed by atoms with van der Waals surface area (Å²) in [5.41, 5.74) is 2.38. The molecule has 1 fully saturated rings. The number of aromatic amines is 1. The van der Waals surface area contributed by atoms with Gasteiger partial charge in [-0.25, -0.2) is 13.4 Å². The highest BCUT2D eigenvalue weighted by Gasteiger charge is 2.36. The minimum absolute atomic E-state index is 0.284. The number of fused-ring (bicyclic) bond motifs is 1. The lowest BCUT2D eigenvalue weighted by Gasteiger charge is -2.21. The second-order valence-corrected chi connectivity index (χ2v) is 8.48. The highest BCUT2D eigenvalue weighted by atomic mass is 32.2. The van der Waals surface area contributed by atoms with Gasteiger partial charge in [0.2, 0.25) is 15.9 Å². The summed E-state index contributed by atoms with van der Waals surface area (Å²) in [7, 11) is -3.37. The van der Waals surface area contributed by atoms with Crippen LogP contribution in [0.2, 0.25) is 0 Å². The van der Waals surface area contributed by atoms with Gasteiger partial charge >= 0.3 is 0 Å². The van der Waals surface area contributed by atoms with Crippen LogP contribution in [0.4, 0.5) is 5.69 Å². The molecule has 1 amide bonds. The Morgan fingerprint density at radius 2 is 2.24 bits per heavy atom. The van der Waals surface area contributed by atoms with Crippen molar-refractivity contribution >= 4 is 32.7 Å². The van der Waals surface area contributed by atoms with Gasteiger partial charge < -0.3 is 10.3 Å². The number of aryl methyl sites for hydroxylation is 1. The van der Waals surface area contributed by atoms with Gasteiger partial charge in [-0.2, -0.15) is 4.31 Å². The number of imidazole rings is 1. The second-order valence-electron chi connectivity index (χ2n) is 6.54. The number of carbonyl (C=O) groups is 1. The molecular weight excluding hydrogens is 340 g/mol. The molecule has 1 atom stereocenters. The highest BCUT2D eigenvalue weighted by Crippen LogP contribution is 2.23. The standard InChI is InChI=1S/C17H24N4O3S/c1-3-4-7-16-19-13-9-8-12(11-14(13)20-16)18-17(22)15-6-5-10-21(15)25(2,23)24/h8-9,11,15H,3-7,10H2,1-2H3,(H,18,22)(H,19,20). The van der Waals surface area contributed by atoms with Crippen molar-refractivity contribution in [2.75, 3.05) is 18.1 Å². The van der Waals surface area contributed by atoms with Gasteiger partial charge in [-0.15, -0.1) is 0 Å². The molecule has 0 bridgehead atoms. The lowest BCUT2D eigenvalue weighted by molar-refractivity contribution is -0.119. The molecular formula is C17H24N4O3S. The second kappa shape index (κ2) is 7.13. The van der Waals surface area contributed by atoms with Crippen LogP contribution < -0.4 is 5.32 Å². The summed E-state index contributed by atoms with van der Waals surface area (Å²) in [6.07, 6.45) is 5.48. The molecule has 1 unspecified atom stereocenters. The number of amides is 1. The van der Waals surface area contributed by atoms with E-state index in [1.165, 1.54) is 4.31 Å². The number of nitrogens with zero attached hydrogens (tertiary/aromatic N) is 2. The van der Waals surface area contributed by atoms with E-state index in [0.717, 1.165) is 42.4 Å². The zero-order chi connectivity index (χ0) is 18.0. The molecule has 0 radical (unpaired) electrons. The number of anilines is 1. The van der Waals surface area contributed by atoms with Crippen molar-refractivity contribution in [1.29, 1.82) is 0 Å². The molecule has 7 nitrogen and oxygen atoms in total. The number of hydrogen-bond acceptors (Lipinski definition) is 4. The van der Waals surface area contributed by atoms with E-state index in [1.807, 2.05) is 12.1 Å². The summed E-state index contributed by atoms with van der Waals surface area (Å²) in [5.74, 6) is 0.660. The molecule has 1 aromatic heterocycles. The molecule has 2 heterocycles. The van der Waals surface area contributed by atoms with Gasteiger partial charge in [-0.1, -0.05) is 13.3 Å². The molecule has 0 aliphatic carbocycles. The zero-order valence-corrected chi connectivity index (χ0v) is 15.4. The van der Waals surface area contributed by atoms with Crippen LogP contribution in [0.15, 0.2) is 18.2 Å². The minimum Gasteiger partial charge on any atom is -0.342 e. The Kier molecular flexibility index (Phi) is 5.10. The van der Waals surface area contributed by atoms with Crippen LogP contribution in [-0.2, 0) is 21.2 Å². The van der Waals surface area contributed by atoms with Crippen LogP contribution in [0.3, 0.4) is 0 Å². The SMILES string of the molecule is CCCCc1nc2ccc(NC(=O)C3CCCN3S(C)(=O)=O)cc2[nH]1. The number of carbonyl (C=O) groups excluding carboxylic acids is 1. The minimum atomic E-state index is -3.37. The smallest absolute Gasteiger partial charge is 0.242 e. The molecule has 3 rings (SSSR count). The molecule has 25 heavy (non-hydrogen) atoms. The number of H-pyrrole nitrogens is 1. The fraction of sp³-hybridized carbons (Fsp3) is 0.529. The zero-order valence-electron chi connectivity index (χ0n) is 14.6. The third kappa shape index (κ3) is 4.01. The van der Waals surface area contributed by atoms with Crippen molar-refractivity contribution in [3.8, 4) is 0 Å². The van der Waals surface area contributed by atoms with Gasteiger partial charge in [-0.3, -0.25) is 4.79 Å². The Morgan fingerprint density at radius 1 is 1.44 bits per heavy atom. The van der Waals surface area contributed by atoms with Crippen LogP contribution in [0.25, 0.3) is 11.0 Å². The third-order valence-electron chi connectivity index (χ3n) is 4.50. The highest BCUT2D eigenvalue weighted by molar-refractivity contribution is 7.88. The summed E-state index contributed by atoms with van der Waals surface area (Å²) >= 11 is 0. The van der Waals surface area contributed by atoms with E-state index in [1.54, 1.807) is 6.07 Å². The monoisotopic (exact) mass is 364 g/mol. The largest absolute Gasteiger partial charge is 0.342 e. The lowest BCUT2D eigenvalue weighted by Crippen LogP contribution is -2.42. The van der Waals surface area contributed by atoms with Gasteiger partial charge in [0.15, 0.2) is 0 Å². The Bertz CT molecular complexity index is 875. The maximum atomic E-state index is 12.5. The first-order valence-corrected chi connectivity index (χ1v) is 10.5. The van der Waals surface area contributed by atoms with Crippen molar-refractivity contribution in [3.63, 3.8) is 0 Å². The van der Waals surface area contributed by atoms with Crippen molar-refractivity contribution in [1.82, 2.24) is 14.3 Å². The first-order valence-electron chi connectivity index (χ1n) is 8.65. The average Bonchev–Trinajstić information content (AvgIpc) is 3.18. The summed E-state index contributed by atoms with van der Waals surface area (Å²) in [5, 5.41) is 2.84. The van der Waals surface area contributed by atoms with E-state index in [-0.39, 0.29) is 5.91 Å². The number of unbranched alkanes of at least 4 members (excludes halogenated alkanes) is 1. The van der Waals surface area contributed by atoms with Crippen LogP contribution >= 0.6 is 0 Å².